The van der Waals surface area contributed by atoms with Crippen molar-refractivity contribution in [2.24, 2.45) is 5.73 Å². The Morgan fingerprint density at radius 3 is 3.06 bits per heavy atom. The quantitative estimate of drug-likeness (QED) is 0.800. The summed E-state index contributed by atoms with van der Waals surface area (Å²) in [5.41, 5.74) is 6.68. The van der Waals surface area contributed by atoms with Gasteiger partial charge in [0.05, 0.1) is 12.6 Å². The van der Waals surface area contributed by atoms with Gasteiger partial charge in [0, 0.05) is 19.0 Å². The zero-order chi connectivity index (χ0) is 13.1. The molecule has 0 bridgehead atoms. The van der Waals surface area contributed by atoms with Crippen molar-refractivity contribution in [3.05, 3.63) is 16.9 Å². The third kappa shape index (κ3) is 2.51. The van der Waals surface area contributed by atoms with Crippen molar-refractivity contribution in [2.75, 3.05) is 7.11 Å². The first-order chi connectivity index (χ1) is 8.61. The van der Waals surface area contributed by atoms with Crippen LogP contribution in [0.3, 0.4) is 0 Å². The van der Waals surface area contributed by atoms with Gasteiger partial charge in [-0.05, 0) is 24.7 Å². The topological polar surface area (TPSA) is 85.9 Å². The van der Waals surface area contributed by atoms with Gasteiger partial charge < -0.3 is 20.0 Å². The molecule has 2 aromatic rings. The van der Waals surface area contributed by atoms with Crippen molar-refractivity contribution in [1.82, 2.24) is 14.5 Å². The number of nitrogens with two attached hydrogens (primary N) is 1. The van der Waals surface area contributed by atoms with Crippen molar-refractivity contribution in [1.29, 1.82) is 0 Å². The minimum absolute atomic E-state index is 0.313. The van der Waals surface area contributed by atoms with Gasteiger partial charge >= 0.3 is 0 Å². The van der Waals surface area contributed by atoms with E-state index in [-0.39, 0.29) is 5.91 Å². The first-order valence-corrected chi connectivity index (χ1v) is 5.94. The predicted molar refractivity (Wildman–Crippen MR) is 69.9 cm³/mol. The fourth-order valence-corrected chi connectivity index (χ4v) is 2.03. The summed E-state index contributed by atoms with van der Waals surface area (Å²) < 4.78 is 7.51. The summed E-state index contributed by atoms with van der Waals surface area (Å²) in [5, 5.41) is 0. The predicted octanol–water partition coefficient (Wildman–Crippen LogP) is 1.37. The molecule has 0 fully saturated rings. The first-order valence-electron chi connectivity index (χ1n) is 5.53. The molecule has 0 aliphatic carbocycles. The Morgan fingerprint density at radius 2 is 2.39 bits per heavy atom. The number of hydrogen-bond donors (Lipinski definition) is 2. The van der Waals surface area contributed by atoms with Crippen LogP contribution in [0.5, 0.6) is 5.88 Å². The van der Waals surface area contributed by atoms with E-state index >= 15 is 0 Å². The second-order valence-corrected chi connectivity index (χ2v) is 4.26. The summed E-state index contributed by atoms with van der Waals surface area (Å²) >= 11 is 5.22. The lowest BCUT2D eigenvalue weighted by Gasteiger charge is -2.03. The van der Waals surface area contributed by atoms with Crippen molar-refractivity contribution < 1.29 is 9.53 Å². The van der Waals surface area contributed by atoms with Gasteiger partial charge in [0.25, 0.3) is 0 Å². The Hall–Kier alpha value is -1.89. The van der Waals surface area contributed by atoms with Gasteiger partial charge in [-0.15, -0.1) is 0 Å². The molecule has 2 rings (SSSR count). The molecule has 0 aliphatic heterocycles. The van der Waals surface area contributed by atoms with Gasteiger partial charge in [0.2, 0.25) is 11.8 Å². The summed E-state index contributed by atoms with van der Waals surface area (Å²) in [6.45, 7) is 0.599. The van der Waals surface area contributed by atoms with E-state index in [2.05, 4.69) is 9.97 Å². The summed E-state index contributed by atoms with van der Waals surface area (Å²) in [5.74, 6) is 0.215. The molecule has 0 aromatic carbocycles. The number of rotatable bonds is 5. The summed E-state index contributed by atoms with van der Waals surface area (Å²) in [6, 6.07) is 3.63. The fourth-order valence-electron chi connectivity index (χ4n) is 1.75. The van der Waals surface area contributed by atoms with Gasteiger partial charge in [0.15, 0.2) is 10.4 Å². The number of amides is 1. The number of primary amides is 1. The number of hydrogen-bond acceptors (Lipinski definition) is 4. The lowest BCUT2D eigenvalue weighted by atomic mass is 10.3. The maximum absolute atomic E-state index is 10.7. The first kappa shape index (κ1) is 12.6. The number of carbonyl (C=O) groups is 1. The summed E-state index contributed by atoms with van der Waals surface area (Å²) in [4.78, 5) is 18.1. The fraction of sp³-hybridized carbons (Fsp3) is 0.364. The Bertz CT molecular complexity index is 631. The molecule has 0 unspecified atom stereocenters. The van der Waals surface area contributed by atoms with E-state index in [1.807, 2.05) is 10.6 Å². The highest BCUT2D eigenvalue weighted by molar-refractivity contribution is 7.71. The van der Waals surface area contributed by atoms with Crippen LogP contribution in [0.2, 0.25) is 0 Å². The molecule has 96 valence electrons. The van der Waals surface area contributed by atoms with Crippen LogP contribution in [0.25, 0.3) is 11.2 Å². The van der Waals surface area contributed by atoms with E-state index in [4.69, 9.17) is 22.7 Å². The molecule has 0 saturated heterocycles. The Kier molecular flexibility index (Phi) is 3.61. The number of imidazole rings is 1. The lowest BCUT2D eigenvalue weighted by molar-refractivity contribution is -0.118. The largest absolute Gasteiger partial charge is 0.481 e. The number of aryl methyl sites for hydroxylation is 1. The van der Waals surface area contributed by atoms with Gasteiger partial charge in [0.1, 0.15) is 0 Å². The molecule has 0 atom stereocenters. The molecule has 18 heavy (non-hydrogen) atoms. The molecule has 2 heterocycles. The van der Waals surface area contributed by atoms with Gasteiger partial charge in [-0.1, -0.05) is 0 Å². The third-order valence-electron chi connectivity index (χ3n) is 2.61. The van der Waals surface area contributed by atoms with E-state index in [9.17, 15) is 4.79 Å². The van der Waals surface area contributed by atoms with Crippen LogP contribution >= 0.6 is 12.2 Å². The number of pyridine rings is 1. The molecule has 0 spiro atoms. The monoisotopic (exact) mass is 266 g/mol. The number of aromatic nitrogens is 3. The highest BCUT2D eigenvalue weighted by atomic mass is 32.1. The number of methoxy groups -OCH3 is 1. The molecule has 3 N–H and O–H groups in total. The van der Waals surface area contributed by atoms with Crippen molar-refractivity contribution in [3.63, 3.8) is 0 Å². The van der Waals surface area contributed by atoms with E-state index < -0.39 is 0 Å². The lowest BCUT2D eigenvalue weighted by Crippen LogP contribution is -2.11. The van der Waals surface area contributed by atoms with Crippen molar-refractivity contribution in [3.8, 4) is 5.88 Å². The highest BCUT2D eigenvalue weighted by Gasteiger charge is 2.07. The summed E-state index contributed by atoms with van der Waals surface area (Å²) in [7, 11) is 1.56. The number of nitrogens with zero attached hydrogens (tertiary/aromatic N) is 2. The Balaban J connectivity index is 2.33. The number of carbonyl (C=O) groups excluding carboxylic acids is 1. The Labute approximate surface area is 109 Å². The van der Waals surface area contributed by atoms with Crippen molar-refractivity contribution >= 4 is 29.3 Å². The number of nitrogens with one attached hydrogen (secondary N) is 1. The average molecular weight is 266 g/mol. The van der Waals surface area contributed by atoms with Crippen LogP contribution in [-0.2, 0) is 11.3 Å². The summed E-state index contributed by atoms with van der Waals surface area (Å²) in [6.07, 6.45) is 0.966. The maximum Gasteiger partial charge on any atom is 0.217 e. The smallest absolute Gasteiger partial charge is 0.217 e. The third-order valence-corrected chi connectivity index (χ3v) is 2.93. The van der Waals surface area contributed by atoms with Crippen LogP contribution in [-0.4, -0.2) is 27.6 Å². The zero-order valence-electron chi connectivity index (χ0n) is 9.97. The minimum atomic E-state index is -0.313. The molecule has 0 radical (unpaired) electrons. The molecule has 7 heteroatoms. The number of aromatic amines is 1. The van der Waals surface area contributed by atoms with Crippen LogP contribution in [0, 0.1) is 4.77 Å². The van der Waals surface area contributed by atoms with Crippen LogP contribution in [0.15, 0.2) is 12.1 Å². The number of H-pyrrole nitrogens is 1. The SMILES string of the molecule is COc1ccc2[nH]c(=S)n(CCCC(N)=O)c2n1. The molecule has 6 nitrogen and oxygen atoms in total. The molecule has 0 aliphatic rings. The highest BCUT2D eigenvalue weighted by Crippen LogP contribution is 2.16. The van der Waals surface area contributed by atoms with Gasteiger partial charge in [-0.2, -0.15) is 4.98 Å². The molecular formula is C11H14N4O2S. The number of ether oxygens (including phenoxy) is 1. The second kappa shape index (κ2) is 5.18. The number of fused-ring (bicyclic) bond motifs is 1. The van der Waals surface area contributed by atoms with Crippen molar-refractivity contribution in [2.45, 2.75) is 19.4 Å². The zero-order valence-corrected chi connectivity index (χ0v) is 10.8. The van der Waals surface area contributed by atoms with E-state index in [1.165, 1.54) is 0 Å². The van der Waals surface area contributed by atoms with Gasteiger partial charge in [-0.25, -0.2) is 0 Å². The minimum Gasteiger partial charge on any atom is -0.481 e. The molecule has 0 saturated carbocycles. The van der Waals surface area contributed by atoms with Crippen LogP contribution in [0.4, 0.5) is 0 Å². The normalized spacial score (nSPS) is 10.7. The van der Waals surface area contributed by atoms with Gasteiger partial charge in [-0.3, -0.25) is 4.79 Å². The molecule has 1 amide bonds. The van der Waals surface area contributed by atoms with E-state index in [1.54, 1.807) is 13.2 Å². The van der Waals surface area contributed by atoms with E-state index in [0.717, 1.165) is 11.2 Å². The molecular weight excluding hydrogens is 252 g/mol. The standard InChI is InChI=1S/C11H14N4O2S/c1-17-9-5-4-7-10(14-9)15(11(18)13-7)6-2-3-8(12)16/h4-5H,2-3,6H2,1H3,(H2,12,16)(H,13,18). The average Bonchev–Trinajstić information content (AvgIpc) is 2.64. The van der Waals surface area contributed by atoms with Crippen LogP contribution in [0.1, 0.15) is 12.8 Å². The molecule has 2 aromatic heterocycles. The van der Waals surface area contributed by atoms with Crippen LogP contribution < -0.4 is 10.5 Å². The second-order valence-electron chi connectivity index (χ2n) is 3.88. The van der Waals surface area contributed by atoms with E-state index in [0.29, 0.717) is 30.0 Å². The Morgan fingerprint density at radius 1 is 1.61 bits per heavy atom. The maximum atomic E-state index is 10.7.